The zero-order valence-electron chi connectivity index (χ0n) is 10.1. The summed E-state index contributed by atoms with van der Waals surface area (Å²) in [4.78, 5) is 25.2. The number of hydrogen-bond acceptors (Lipinski definition) is 3. The summed E-state index contributed by atoms with van der Waals surface area (Å²) in [6, 6.07) is 4.79. The minimum absolute atomic E-state index is 0.261. The molecular formula is C13H14FNO3. The molecule has 4 nitrogen and oxygen atoms in total. The highest BCUT2D eigenvalue weighted by molar-refractivity contribution is 5.97. The van der Waals surface area contributed by atoms with Crippen molar-refractivity contribution in [1.82, 2.24) is 4.90 Å². The molecule has 0 spiro atoms. The van der Waals surface area contributed by atoms with Crippen LogP contribution in [0.15, 0.2) is 24.3 Å². The van der Waals surface area contributed by atoms with Gasteiger partial charge in [0.15, 0.2) is 0 Å². The van der Waals surface area contributed by atoms with Gasteiger partial charge in [-0.05, 0) is 37.1 Å². The number of carbonyl (C=O) groups is 2. The molecule has 18 heavy (non-hydrogen) atoms. The molecule has 1 amide bonds. The Morgan fingerprint density at radius 2 is 2.00 bits per heavy atom. The molecule has 0 aromatic heterocycles. The highest BCUT2D eigenvalue weighted by Gasteiger charge is 2.35. The molecule has 2 rings (SSSR count). The van der Waals surface area contributed by atoms with Crippen LogP contribution >= 0.6 is 0 Å². The first-order valence-corrected chi connectivity index (χ1v) is 5.78. The minimum atomic E-state index is -0.521. The van der Waals surface area contributed by atoms with Gasteiger partial charge in [0.2, 0.25) is 0 Å². The fourth-order valence-electron chi connectivity index (χ4n) is 2.15. The number of nitrogens with zero attached hydrogens (tertiary/aromatic N) is 1. The minimum Gasteiger partial charge on any atom is -0.467 e. The predicted octanol–water partition coefficient (Wildman–Crippen LogP) is 1.60. The number of benzene rings is 1. The van der Waals surface area contributed by atoms with Crippen molar-refractivity contribution >= 4 is 11.9 Å². The predicted molar refractivity (Wildman–Crippen MR) is 62.5 cm³/mol. The van der Waals surface area contributed by atoms with Crippen molar-refractivity contribution in [1.29, 1.82) is 0 Å². The molecule has 0 N–H and O–H groups in total. The Morgan fingerprint density at radius 3 is 2.61 bits per heavy atom. The Hall–Kier alpha value is -1.91. The Bertz CT molecular complexity index is 458. The van der Waals surface area contributed by atoms with Crippen LogP contribution in [0.5, 0.6) is 0 Å². The third kappa shape index (κ3) is 2.34. The van der Waals surface area contributed by atoms with Gasteiger partial charge in [0.1, 0.15) is 11.9 Å². The normalized spacial score (nSPS) is 18.8. The third-order valence-electron chi connectivity index (χ3n) is 3.08. The summed E-state index contributed by atoms with van der Waals surface area (Å²) < 4.78 is 17.5. The first kappa shape index (κ1) is 12.5. The largest absolute Gasteiger partial charge is 0.467 e. The van der Waals surface area contributed by atoms with Gasteiger partial charge < -0.3 is 9.64 Å². The van der Waals surface area contributed by atoms with Gasteiger partial charge in [-0.15, -0.1) is 0 Å². The van der Waals surface area contributed by atoms with Crippen LogP contribution in [-0.2, 0) is 9.53 Å². The van der Waals surface area contributed by atoms with Crippen LogP contribution < -0.4 is 0 Å². The molecule has 96 valence electrons. The van der Waals surface area contributed by atoms with E-state index in [-0.39, 0.29) is 5.91 Å². The maximum atomic E-state index is 12.8. The van der Waals surface area contributed by atoms with Gasteiger partial charge >= 0.3 is 5.97 Å². The quantitative estimate of drug-likeness (QED) is 0.750. The Morgan fingerprint density at radius 1 is 1.33 bits per heavy atom. The van der Waals surface area contributed by atoms with Gasteiger partial charge in [-0.3, -0.25) is 4.79 Å². The Balaban J connectivity index is 2.17. The molecule has 1 aromatic carbocycles. The van der Waals surface area contributed by atoms with Crippen LogP contribution in [-0.4, -0.2) is 36.5 Å². The number of methoxy groups -OCH3 is 1. The van der Waals surface area contributed by atoms with E-state index in [1.54, 1.807) is 0 Å². The number of likely N-dealkylation sites (tertiary alicyclic amines) is 1. The van der Waals surface area contributed by atoms with Crippen LogP contribution in [0.1, 0.15) is 23.2 Å². The van der Waals surface area contributed by atoms with E-state index in [0.29, 0.717) is 18.5 Å². The molecule has 1 saturated heterocycles. The van der Waals surface area contributed by atoms with Crippen molar-refractivity contribution in [3.05, 3.63) is 35.6 Å². The lowest BCUT2D eigenvalue weighted by Crippen LogP contribution is -2.41. The van der Waals surface area contributed by atoms with E-state index >= 15 is 0 Å². The van der Waals surface area contributed by atoms with E-state index in [1.807, 2.05) is 0 Å². The maximum Gasteiger partial charge on any atom is 0.328 e. The first-order valence-electron chi connectivity index (χ1n) is 5.78. The number of ether oxygens (including phenoxy) is 1. The summed E-state index contributed by atoms with van der Waals surface area (Å²) in [6.07, 6.45) is 1.38. The number of halogens is 1. The zero-order chi connectivity index (χ0) is 13.1. The number of rotatable bonds is 2. The second-order valence-electron chi connectivity index (χ2n) is 4.19. The number of amides is 1. The molecule has 5 heteroatoms. The fourth-order valence-corrected chi connectivity index (χ4v) is 2.15. The molecule has 1 atom stereocenters. The lowest BCUT2D eigenvalue weighted by Gasteiger charge is -2.22. The lowest BCUT2D eigenvalue weighted by atomic mass is 10.1. The van der Waals surface area contributed by atoms with Crippen molar-refractivity contribution < 1.29 is 18.7 Å². The molecule has 0 unspecified atom stereocenters. The molecular weight excluding hydrogens is 237 g/mol. The second-order valence-corrected chi connectivity index (χ2v) is 4.19. The molecule has 0 aliphatic carbocycles. The average molecular weight is 251 g/mol. The summed E-state index contributed by atoms with van der Waals surface area (Å²) in [7, 11) is 1.31. The molecule has 0 saturated carbocycles. The monoisotopic (exact) mass is 251 g/mol. The van der Waals surface area contributed by atoms with Crippen LogP contribution in [0.4, 0.5) is 4.39 Å². The molecule has 1 fully saturated rings. The number of carbonyl (C=O) groups excluding carboxylic acids is 2. The molecule has 1 heterocycles. The molecule has 1 aliphatic heterocycles. The van der Waals surface area contributed by atoms with E-state index < -0.39 is 17.8 Å². The number of hydrogen-bond donors (Lipinski definition) is 0. The maximum absolute atomic E-state index is 12.8. The SMILES string of the molecule is COC(=O)[C@@H]1CCCN1C(=O)c1ccc(F)cc1. The van der Waals surface area contributed by atoms with Crippen molar-refractivity contribution in [3.63, 3.8) is 0 Å². The van der Waals surface area contributed by atoms with Crippen LogP contribution in [0, 0.1) is 5.82 Å². The van der Waals surface area contributed by atoms with Crippen LogP contribution in [0.2, 0.25) is 0 Å². The Kier molecular flexibility index (Phi) is 3.60. The van der Waals surface area contributed by atoms with E-state index in [0.717, 1.165) is 6.42 Å². The van der Waals surface area contributed by atoms with Crippen LogP contribution in [0.3, 0.4) is 0 Å². The van der Waals surface area contributed by atoms with Crippen molar-refractivity contribution in [2.75, 3.05) is 13.7 Å². The third-order valence-corrected chi connectivity index (χ3v) is 3.08. The molecule has 0 bridgehead atoms. The van der Waals surface area contributed by atoms with E-state index in [4.69, 9.17) is 0 Å². The summed E-state index contributed by atoms with van der Waals surface area (Å²) >= 11 is 0. The topological polar surface area (TPSA) is 46.6 Å². The van der Waals surface area contributed by atoms with Crippen LogP contribution in [0.25, 0.3) is 0 Å². The summed E-state index contributed by atoms with van der Waals surface area (Å²) in [6.45, 7) is 0.524. The van der Waals surface area contributed by atoms with Gasteiger partial charge in [0.05, 0.1) is 7.11 Å². The van der Waals surface area contributed by atoms with E-state index in [2.05, 4.69) is 4.74 Å². The summed E-state index contributed by atoms with van der Waals surface area (Å²) in [5, 5.41) is 0. The van der Waals surface area contributed by atoms with E-state index in [1.165, 1.54) is 36.3 Å². The Labute approximate surface area is 104 Å². The lowest BCUT2D eigenvalue weighted by molar-refractivity contribution is -0.145. The fraction of sp³-hybridized carbons (Fsp3) is 0.385. The van der Waals surface area contributed by atoms with Crippen molar-refractivity contribution in [2.24, 2.45) is 0 Å². The van der Waals surface area contributed by atoms with Gasteiger partial charge in [-0.1, -0.05) is 0 Å². The van der Waals surface area contributed by atoms with Gasteiger partial charge in [0, 0.05) is 12.1 Å². The standard InChI is InChI=1S/C13H14FNO3/c1-18-13(17)11-3-2-8-15(11)12(16)9-4-6-10(14)7-5-9/h4-7,11H,2-3,8H2,1H3/t11-/m0/s1. The molecule has 0 radical (unpaired) electrons. The zero-order valence-corrected chi connectivity index (χ0v) is 10.1. The van der Waals surface area contributed by atoms with Gasteiger partial charge in [-0.2, -0.15) is 0 Å². The summed E-state index contributed by atoms with van der Waals surface area (Å²) in [5.41, 5.74) is 0.382. The molecule has 1 aromatic rings. The van der Waals surface area contributed by atoms with Gasteiger partial charge in [0.25, 0.3) is 5.91 Å². The molecule has 1 aliphatic rings. The average Bonchev–Trinajstić information content (AvgIpc) is 2.87. The second kappa shape index (κ2) is 5.16. The number of esters is 1. The van der Waals surface area contributed by atoms with Gasteiger partial charge in [-0.25, -0.2) is 9.18 Å². The smallest absolute Gasteiger partial charge is 0.328 e. The highest BCUT2D eigenvalue weighted by atomic mass is 19.1. The summed E-state index contributed by atoms with van der Waals surface area (Å²) in [5.74, 6) is -1.05. The van der Waals surface area contributed by atoms with Crippen molar-refractivity contribution in [2.45, 2.75) is 18.9 Å². The highest BCUT2D eigenvalue weighted by Crippen LogP contribution is 2.21. The first-order chi connectivity index (χ1) is 8.63. The van der Waals surface area contributed by atoms with Crippen molar-refractivity contribution in [3.8, 4) is 0 Å². The van der Waals surface area contributed by atoms with E-state index in [9.17, 15) is 14.0 Å².